The molecule has 0 aromatic carbocycles. The molecule has 2 nitrogen and oxygen atoms in total. The minimum Gasteiger partial charge on any atom is -0.372 e. The summed E-state index contributed by atoms with van der Waals surface area (Å²) >= 11 is 1.56. The molecule has 1 aromatic heterocycles. The first-order valence-corrected chi connectivity index (χ1v) is 6.04. The molecule has 0 aliphatic rings. The van der Waals surface area contributed by atoms with E-state index in [-0.39, 0.29) is 18.8 Å². The molecule has 6 heteroatoms. The molecule has 1 rings (SSSR count). The van der Waals surface area contributed by atoms with Crippen LogP contribution in [0.1, 0.15) is 17.7 Å². The Hall–Kier alpha value is -0.880. The fraction of sp³-hybridized carbons (Fsp3) is 0.545. The Kier molecular flexibility index (Phi) is 5.64. The van der Waals surface area contributed by atoms with Crippen LogP contribution < -0.4 is 0 Å². The zero-order valence-corrected chi connectivity index (χ0v) is 9.94. The van der Waals surface area contributed by atoms with Crippen molar-refractivity contribution in [3.63, 3.8) is 0 Å². The first-order chi connectivity index (χ1) is 7.97. The summed E-state index contributed by atoms with van der Waals surface area (Å²) in [5, 5.41) is 1.92. The highest BCUT2D eigenvalue weighted by Crippen LogP contribution is 2.15. The second-order valence-electron chi connectivity index (χ2n) is 3.54. The number of ketones is 1. The summed E-state index contributed by atoms with van der Waals surface area (Å²) in [4.78, 5) is 12.4. The van der Waals surface area contributed by atoms with Gasteiger partial charge in [-0.05, 0) is 17.9 Å². The summed E-state index contributed by atoms with van der Waals surface area (Å²) in [5.41, 5.74) is 0. The van der Waals surface area contributed by atoms with E-state index in [4.69, 9.17) is 0 Å². The first kappa shape index (κ1) is 14.2. The number of aryl methyl sites for hydroxylation is 1. The number of alkyl halides is 3. The minimum atomic E-state index is -4.32. The second kappa shape index (κ2) is 6.76. The van der Waals surface area contributed by atoms with Crippen molar-refractivity contribution in [2.24, 2.45) is 0 Å². The number of carbonyl (C=O) groups excluding carboxylic acids is 1. The van der Waals surface area contributed by atoms with Crippen LogP contribution in [0, 0.1) is 0 Å². The van der Waals surface area contributed by atoms with Crippen LogP contribution in [0.15, 0.2) is 17.5 Å². The molecular weight excluding hydrogens is 253 g/mol. The van der Waals surface area contributed by atoms with Gasteiger partial charge >= 0.3 is 6.18 Å². The third kappa shape index (κ3) is 7.12. The maximum atomic E-state index is 11.7. The van der Waals surface area contributed by atoms with Gasteiger partial charge in [-0.3, -0.25) is 4.79 Å². The van der Waals surface area contributed by atoms with Crippen molar-refractivity contribution in [1.82, 2.24) is 0 Å². The quantitative estimate of drug-likeness (QED) is 0.708. The van der Waals surface area contributed by atoms with Gasteiger partial charge in [0, 0.05) is 17.7 Å². The highest BCUT2D eigenvalue weighted by Gasteiger charge is 2.27. The Morgan fingerprint density at radius 3 is 2.71 bits per heavy atom. The van der Waals surface area contributed by atoms with E-state index in [0.717, 1.165) is 4.88 Å². The predicted octanol–water partition coefficient (Wildman–Crippen LogP) is 3.22. The number of halogens is 3. The van der Waals surface area contributed by atoms with Crippen molar-refractivity contribution >= 4 is 17.1 Å². The molecule has 0 fully saturated rings. The van der Waals surface area contributed by atoms with E-state index in [2.05, 4.69) is 4.74 Å². The lowest BCUT2D eigenvalue weighted by Crippen LogP contribution is -2.18. The van der Waals surface area contributed by atoms with Crippen LogP contribution in [0.5, 0.6) is 0 Å². The Balaban J connectivity index is 2.06. The van der Waals surface area contributed by atoms with Crippen molar-refractivity contribution in [1.29, 1.82) is 0 Å². The smallest absolute Gasteiger partial charge is 0.372 e. The molecule has 17 heavy (non-hydrogen) atoms. The Morgan fingerprint density at radius 2 is 2.12 bits per heavy atom. The van der Waals surface area contributed by atoms with Gasteiger partial charge in [-0.15, -0.1) is 11.3 Å². The van der Waals surface area contributed by atoms with E-state index >= 15 is 0 Å². The molecule has 0 unspecified atom stereocenters. The van der Waals surface area contributed by atoms with Gasteiger partial charge in [0.15, 0.2) is 0 Å². The van der Waals surface area contributed by atoms with Gasteiger partial charge in [0.1, 0.15) is 12.4 Å². The average molecular weight is 266 g/mol. The Labute approximate surface area is 101 Å². The lowest BCUT2D eigenvalue weighted by atomic mass is 10.1. The minimum absolute atomic E-state index is 0.0431. The highest BCUT2D eigenvalue weighted by molar-refractivity contribution is 7.09. The molecule has 96 valence electrons. The number of hydrogen-bond donors (Lipinski definition) is 0. The van der Waals surface area contributed by atoms with E-state index in [9.17, 15) is 18.0 Å². The van der Waals surface area contributed by atoms with Crippen LogP contribution >= 0.6 is 11.3 Å². The van der Waals surface area contributed by atoms with E-state index in [1.54, 1.807) is 11.3 Å². The molecule has 0 spiro atoms. The fourth-order valence-electron chi connectivity index (χ4n) is 1.22. The summed E-state index contributed by atoms with van der Waals surface area (Å²) in [6, 6.07) is 3.83. The molecule has 0 aliphatic heterocycles. The normalized spacial score (nSPS) is 11.7. The summed E-state index contributed by atoms with van der Waals surface area (Å²) < 4.78 is 39.5. The van der Waals surface area contributed by atoms with Crippen molar-refractivity contribution in [3.8, 4) is 0 Å². The van der Waals surface area contributed by atoms with E-state index in [1.807, 2.05) is 17.5 Å². The second-order valence-corrected chi connectivity index (χ2v) is 4.57. The molecule has 0 bridgehead atoms. The topological polar surface area (TPSA) is 26.3 Å². The third-order valence-corrected chi connectivity index (χ3v) is 2.96. The van der Waals surface area contributed by atoms with Gasteiger partial charge in [0.05, 0.1) is 6.61 Å². The van der Waals surface area contributed by atoms with Gasteiger partial charge in [0.2, 0.25) is 0 Å². The zero-order chi connectivity index (χ0) is 12.7. The summed E-state index contributed by atoms with van der Waals surface area (Å²) in [7, 11) is 0. The SMILES string of the molecule is O=C(CCOCC(F)(F)F)CCc1cccs1. The molecular formula is C11H13F3O2S. The Morgan fingerprint density at radius 1 is 1.35 bits per heavy atom. The van der Waals surface area contributed by atoms with E-state index in [0.29, 0.717) is 12.8 Å². The first-order valence-electron chi connectivity index (χ1n) is 5.16. The van der Waals surface area contributed by atoms with Crippen LogP contribution in [0.3, 0.4) is 0 Å². The number of rotatable bonds is 7. The largest absolute Gasteiger partial charge is 0.411 e. The van der Waals surface area contributed by atoms with Gasteiger partial charge in [-0.1, -0.05) is 6.07 Å². The molecule has 1 heterocycles. The standard InChI is InChI=1S/C11H13F3O2S/c12-11(13,14)8-16-6-5-9(15)3-4-10-2-1-7-17-10/h1-2,7H,3-6,8H2. The lowest BCUT2D eigenvalue weighted by molar-refractivity contribution is -0.174. The average Bonchev–Trinajstić information content (AvgIpc) is 2.73. The van der Waals surface area contributed by atoms with Gasteiger partial charge < -0.3 is 4.74 Å². The molecule has 0 saturated carbocycles. The molecule has 0 atom stereocenters. The van der Waals surface area contributed by atoms with Gasteiger partial charge in [0.25, 0.3) is 0 Å². The van der Waals surface area contributed by atoms with Crippen molar-refractivity contribution < 1.29 is 22.7 Å². The summed E-state index contributed by atoms with van der Waals surface area (Å²) in [6.07, 6.45) is -3.27. The van der Waals surface area contributed by atoms with Gasteiger partial charge in [-0.2, -0.15) is 13.2 Å². The number of thiophene rings is 1. The maximum Gasteiger partial charge on any atom is 0.411 e. The summed E-state index contributed by atoms with van der Waals surface area (Å²) in [6.45, 7) is -1.45. The zero-order valence-electron chi connectivity index (χ0n) is 9.13. The molecule has 0 N–H and O–H groups in total. The molecule has 0 amide bonds. The van der Waals surface area contributed by atoms with Crippen LogP contribution in [-0.4, -0.2) is 25.2 Å². The molecule has 0 aliphatic carbocycles. The Bertz CT molecular complexity index is 333. The van der Waals surface area contributed by atoms with E-state index < -0.39 is 12.8 Å². The number of Topliss-reactive ketones (excluding diaryl/α,β-unsaturated/α-hetero) is 1. The van der Waals surface area contributed by atoms with Crippen molar-refractivity contribution in [3.05, 3.63) is 22.4 Å². The van der Waals surface area contributed by atoms with Crippen molar-refractivity contribution in [2.45, 2.75) is 25.4 Å². The molecule has 0 saturated heterocycles. The van der Waals surface area contributed by atoms with E-state index in [1.165, 1.54) is 0 Å². The summed E-state index contributed by atoms with van der Waals surface area (Å²) in [5.74, 6) is -0.0689. The van der Waals surface area contributed by atoms with Crippen LogP contribution in [0.4, 0.5) is 13.2 Å². The fourth-order valence-corrected chi connectivity index (χ4v) is 1.93. The predicted molar refractivity (Wildman–Crippen MR) is 59.1 cm³/mol. The number of carbonyl (C=O) groups is 1. The highest BCUT2D eigenvalue weighted by atomic mass is 32.1. The molecule has 1 aromatic rings. The lowest BCUT2D eigenvalue weighted by Gasteiger charge is -2.06. The van der Waals surface area contributed by atoms with Crippen LogP contribution in [-0.2, 0) is 16.0 Å². The number of hydrogen-bond acceptors (Lipinski definition) is 3. The monoisotopic (exact) mass is 266 g/mol. The van der Waals surface area contributed by atoms with Crippen LogP contribution in [0.2, 0.25) is 0 Å². The van der Waals surface area contributed by atoms with Crippen molar-refractivity contribution in [2.75, 3.05) is 13.2 Å². The van der Waals surface area contributed by atoms with Gasteiger partial charge in [-0.25, -0.2) is 0 Å². The third-order valence-electron chi connectivity index (χ3n) is 2.02. The number of ether oxygens (including phenoxy) is 1. The van der Waals surface area contributed by atoms with Crippen LogP contribution in [0.25, 0.3) is 0 Å². The maximum absolute atomic E-state index is 11.7. The molecule has 0 radical (unpaired) electrons.